The van der Waals surface area contributed by atoms with E-state index >= 15 is 0 Å². The first-order chi connectivity index (χ1) is 5.91. The summed E-state index contributed by atoms with van der Waals surface area (Å²) in [6.07, 6.45) is 2.77. The number of rotatable bonds is 0. The van der Waals surface area contributed by atoms with Gasteiger partial charge in [-0.3, -0.25) is 4.90 Å². The Morgan fingerprint density at radius 1 is 1.42 bits per heavy atom. The maximum atomic E-state index is 5.34. The quantitative estimate of drug-likeness (QED) is 0.543. The zero-order chi connectivity index (χ0) is 8.02. The minimum absolute atomic E-state index is 0.402. The van der Waals surface area contributed by atoms with Gasteiger partial charge in [-0.05, 0) is 19.4 Å². The summed E-state index contributed by atoms with van der Waals surface area (Å²) in [6.45, 7) is 5.55. The number of nitrogens with one attached hydrogen (secondary N) is 1. The topological polar surface area (TPSA) is 24.5 Å². The molecule has 1 N–H and O–H groups in total. The molecular weight excluding hydrogens is 152 g/mol. The number of fused-ring (bicyclic) bond motifs is 2. The standard InChI is InChI=1S/C9H16N2O/c1-2-8-4-10-5-9(6-12-7-9)11(8)3-1/h8,10H,1-7H2/t8-/m0/s1. The minimum Gasteiger partial charge on any atom is -0.377 e. The third-order valence-corrected chi connectivity index (χ3v) is 3.56. The van der Waals surface area contributed by atoms with Crippen molar-refractivity contribution in [1.29, 1.82) is 0 Å². The van der Waals surface area contributed by atoms with Gasteiger partial charge >= 0.3 is 0 Å². The van der Waals surface area contributed by atoms with Crippen molar-refractivity contribution >= 4 is 0 Å². The monoisotopic (exact) mass is 168 g/mol. The second-order valence-corrected chi connectivity index (χ2v) is 4.34. The first-order valence-corrected chi connectivity index (χ1v) is 4.96. The minimum atomic E-state index is 0.402. The van der Waals surface area contributed by atoms with E-state index in [9.17, 15) is 0 Å². The molecule has 0 bridgehead atoms. The van der Waals surface area contributed by atoms with Gasteiger partial charge in [-0.2, -0.15) is 0 Å². The van der Waals surface area contributed by atoms with Crippen LogP contribution in [0.15, 0.2) is 0 Å². The highest BCUT2D eigenvalue weighted by Gasteiger charge is 2.50. The molecule has 0 aliphatic carbocycles. The molecule has 3 rings (SSSR count). The van der Waals surface area contributed by atoms with Gasteiger partial charge in [-0.1, -0.05) is 0 Å². The van der Waals surface area contributed by atoms with Gasteiger partial charge in [0, 0.05) is 19.1 Å². The molecule has 3 saturated heterocycles. The van der Waals surface area contributed by atoms with Crippen LogP contribution in [0.1, 0.15) is 12.8 Å². The molecule has 68 valence electrons. The lowest BCUT2D eigenvalue weighted by atomic mass is 9.91. The van der Waals surface area contributed by atoms with Crippen LogP contribution >= 0.6 is 0 Å². The molecule has 1 spiro atoms. The van der Waals surface area contributed by atoms with Crippen LogP contribution in [0.4, 0.5) is 0 Å². The predicted molar refractivity (Wildman–Crippen MR) is 46.1 cm³/mol. The molecule has 0 aromatic rings. The molecule has 0 unspecified atom stereocenters. The number of piperazine rings is 1. The zero-order valence-corrected chi connectivity index (χ0v) is 7.38. The Kier molecular flexibility index (Phi) is 1.48. The second kappa shape index (κ2) is 2.44. The molecule has 3 aliphatic rings. The number of hydrogen-bond donors (Lipinski definition) is 1. The lowest BCUT2D eigenvalue weighted by Gasteiger charge is -2.53. The van der Waals surface area contributed by atoms with Crippen molar-refractivity contribution in [3.63, 3.8) is 0 Å². The summed E-state index contributed by atoms with van der Waals surface area (Å²) < 4.78 is 5.34. The molecular formula is C9H16N2O. The van der Waals surface area contributed by atoms with Crippen LogP contribution in [0.25, 0.3) is 0 Å². The normalized spacial score (nSPS) is 39.5. The van der Waals surface area contributed by atoms with Crippen LogP contribution in [-0.2, 0) is 4.74 Å². The molecule has 0 aromatic heterocycles. The van der Waals surface area contributed by atoms with Gasteiger partial charge in [0.1, 0.15) is 0 Å². The van der Waals surface area contributed by atoms with E-state index in [0.29, 0.717) is 5.54 Å². The van der Waals surface area contributed by atoms with E-state index in [1.54, 1.807) is 0 Å². The van der Waals surface area contributed by atoms with Gasteiger partial charge in [-0.25, -0.2) is 0 Å². The molecule has 3 heteroatoms. The molecule has 3 fully saturated rings. The predicted octanol–water partition coefficient (Wildman–Crippen LogP) is -0.177. The fourth-order valence-electron chi connectivity index (χ4n) is 2.85. The Balaban J connectivity index is 1.83. The van der Waals surface area contributed by atoms with Crippen molar-refractivity contribution in [3.05, 3.63) is 0 Å². The molecule has 3 heterocycles. The summed E-state index contributed by atoms with van der Waals surface area (Å²) in [4.78, 5) is 2.69. The third kappa shape index (κ3) is 0.817. The van der Waals surface area contributed by atoms with Crippen molar-refractivity contribution < 1.29 is 4.74 Å². The summed E-state index contributed by atoms with van der Waals surface area (Å²) in [5, 5.41) is 3.53. The maximum Gasteiger partial charge on any atom is 0.0807 e. The maximum absolute atomic E-state index is 5.34. The molecule has 12 heavy (non-hydrogen) atoms. The van der Waals surface area contributed by atoms with Crippen molar-refractivity contribution in [1.82, 2.24) is 10.2 Å². The number of nitrogens with zero attached hydrogens (tertiary/aromatic N) is 1. The van der Waals surface area contributed by atoms with Gasteiger partial charge in [0.05, 0.1) is 18.8 Å². The average molecular weight is 168 g/mol. The van der Waals surface area contributed by atoms with Gasteiger partial charge < -0.3 is 10.1 Å². The van der Waals surface area contributed by atoms with Gasteiger partial charge in [0.15, 0.2) is 0 Å². The second-order valence-electron chi connectivity index (χ2n) is 4.34. The van der Waals surface area contributed by atoms with Crippen LogP contribution in [0.3, 0.4) is 0 Å². The lowest BCUT2D eigenvalue weighted by molar-refractivity contribution is -0.154. The number of ether oxygens (including phenoxy) is 1. The van der Waals surface area contributed by atoms with E-state index in [4.69, 9.17) is 4.74 Å². The third-order valence-electron chi connectivity index (χ3n) is 3.56. The van der Waals surface area contributed by atoms with E-state index in [-0.39, 0.29) is 0 Å². The summed E-state index contributed by atoms with van der Waals surface area (Å²) in [7, 11) is 0. The highest BCUT2D eigenvalue weighted by Crippen LogP contribution is 2.34. The molecule has 1 atom stereocenters. The molecule has 0 radical (unpaired) electrons. The first kappa shape index (κ1) is 7.30. The van der Waals surface area contributed by atoms with Crippen LogP contribution in [0, 0.1) is 0 Å². The van der Waals surface area contributed by atoms with E-state index in [1.165, 1.54) is 25.9 Å². The van der Waals surface area contributed by atoms with Crippen LogP contribution in [-0.4, -0.2) is 49.3 Å². The van der Waals surface area contributed by atoms with Crippen molar-refractivity contribution in [2.45, 2.75) is 24.4 Å². The van der Waals surface area contributed by atoms with Crippen LogP contribution in [0.5, 0.6) is 0 Å². The number of hydrogen-bond acceptors (Lipinski definition) is 3. The average Bonchev–Trinajstić information content (AvgIpc) is 2.47. The smallest absolute Gasteiger partial charge is 0.0807 e. The highest BCUT2D eigenvalue weighted by molar-refractivity contribution is 5.06. The van der Waals surface area contributed by atoms with Crippen molar-refractivity contribution in [3.8, 4) is 0 Å². The molecule has 3 aliphatic heterocycles. The van der Waals surface area contributed by atoms with E-state index < -0.39 is 0 Å². The summed E-state index contributed by atoms with van der Waals surface area (Å²) in [5.41, 5.74) is 0.402. The highest BCUT2D eigenvalue weighted by atomic mass is 16.5. The SMILES string of the molecule is C1C[C@H]2CNCC3(COC3)N2C1. The lowest BCUT2D eigenvalue weighted by Crippen LogP contribution is -2.72. The fourth-order valence-corrected chi connectivity index (χ4v) is 2.85. The fraction of sp³-hybridized carbons (Fsp3) is 1.00. The zero-order valence-electron chi connectivity index (χ0n) is 7.38. The van der Waals surface area contributed by atoms with E-state index in [1.807, 2.05) is 0 Å². The van der Waals surface area contributed by atoms with Crippen LogP contribution < -0.4 is 5.32 Å². The Labute approximate surface area is 73.1 Å². The molecule has 3 nitrogen and oxygen atoms in total. The summed E-state index contributed by atoms with van der Waals surface area (Å²) in [6, 6.07) is 0.808. The Bertz CT molecular complexity index is 191. The van der Waals surface area contributed by atoms with Gasteiger partial charge in [0.25, 0.3) is 0 Å². The first-order valence-electron chi connectivity index (χ1n) is 4.96. The van der Waals surface area contributed by atoms with Crippen molar-refractivity contribution in [2.75, 3.05) is 32.8 Å². The van der Waals surface area contributed by atoms with E-state index in [0.717, 1.165) is 25.8 Å². The van der Waals surface area contributed by atoms with Crippen molar-refractivity contribution in [2.24, 2.45) is 0 Å². The summed E-state index contributed by atoms with van der Waals surface area (Å²) >= 11 is 0. The van der Waals surface area contributed by atoms with Gasteiger partial charge in [-0.15, -0.1) is 0 Å². The van der Waals surface area contributed by atoms with Crippen LogP contribution in [0.2, 0.25) is 0 Å². The molecule has 0 amide bonds. The van der Waals surface area contributed by atoms with Gasteiger partial charge in [0.2, 0.25) is 0 Å². The molecule has 0 saturated carbocycles. The molecule has 0 aromatic carbocycles. The largest absolute Gasteiger partial charge is 0.377 e. The Morgan fingerprint density at radius 2 is 2.33 bits per heavy atom. The Hall–Kier alpha value is -0.120. The summed E-state index contributed by atoms with van der Waals surface area (Å²) in [5.74, 6) is 0. The van der Waals surface area contributed by atoms with E-state index in [2.05, 4.69) is 10.2 Å². The Morgan fingerprint density at radius 3 is 3.08 bits per heavy atom.